The fourth-order valence-corrected chi connectivity index (χ4v) is 3.51. The molecule has 0 aliphatic heterocycles. The molecule has 3 aromatic heterocycles. The number of halogens is 1. The molecule has 22 heavy (non-hydrogen) atoms. The van der Waals surface area contributed by atoms with Crippen molar-refractivity contribution < 1.29 is 14.3 Å². The summed E-state index contributed by atoms with van der Waals surface area (Å²) < 4.78 is 6.17. The summed E-state index contributed by atoms with van der Waals surface area (Å²) in [5.74, 6) is 0.859. The molecule has 1 unspecified atom stereocenters. The lowest BCUT2D eigenvalue weighted by atomic mass is 10.2. The first-order chi connectivity index (χ1) is 10.6. The highest BCUT2D eigenvalue weighted by Gasteiger charge is 2.16. The third kappa shape index (κ3) is 3.41. The van der Waals surface area contributed by atoms with E-state index in [1.54, 1.807) is 29.5 Å². The van der Waals surface area contributed by atoms with Crippen LogP contribution in [0.1, 0.15) is 21.5 Å². The third-order valence-corrected chi connectivity index (χ3v) is 4.93. The predicted octanol–water partition coefficient (Wildman–Crippen LogP) is 4.19. The zero-order valence-corrected chi connectivity index (χ0v) is 13.7. The Hall–Kier alpha value is -1.60. The number of nitrogens with one attached hydrogen (secondary N) is 1. The molecule has 0 saturated carbocycles. The number of carbonyl (C=O) groups is 1. The Bertz CT molecular complexity index is 763. The van der Waals surface area contributed by atoms with Gasteiger partial charge in [-0.25, -0.2) is 0 Å². The lowest BCUT2D eigenvalue weighted by Crippen LogP contribution is -2.27. The maximum atomic E-state index is 11.9. The second-order valence-electron chi connectivity index (χ2n) is 4.54. The lowest BCUT2D eigenvalue weighted by molar-refractivity contribution is 0.0905. The number of hydrogen-bond donors (Lipinski definition) is 2. The van der Waals surface area contributed by atoms with Crippen molar-refractivity contribution in [1.29, 1.82) is 0 Å². The van der Waals surface area contributed by atoms with Gasteiger partial charge in [-0.05, 0) is 35.7 Å². The molecule has 3 rings (SSSR count). The van der Waals surface area contributed by atoms with Gasteiger partial charge in [-0.15, -0.1) is 11.3 Å². The van der Waals surface area contributed by atoms with Crippen molar-refractivity contribution in [2.45, 2.75) is 6.10 Å². The van der Waals surface area contributed by atoms with Crippen molar-refractivity contribution >= 4 is 40.2 Å². The number of thiophene rings is 2. The van der Waals surface area contributed by atoms with E-state index >= 15 is 0 Å². The molecule has 0 fully saturated rings. The van der Waals surface area contributed by atoms with Crippen molar-refractivity contribution in [3.63, 3.8) is 0 Å². The maximum absolute atomic E-state index is 11.9. The van der Waals surface area contributed by atoms with Crippen molar-refractivity contribution in [1.82, 2.24) is 5.32 Å². The summed E-state index contributed by atoms with van der Waals surface area (Å²) in [6.45, 7) is 0.0743. The van der Waals surface area contributed by atoms with Crippen molar-refractivity contribution in [3.8, 4) is 11.3 Å². The van der Waals surface area contributed by atoms with Gasteiger partial charge in [0.25, 0.3) is 5.91 Å². The monoisotopic (exact) mass is 353 g/mol. The largest absolute Gasteiger partial charge is 0.458 e. The Morgan fingerprint density at radius 3 is 2.86 bits per heavy atom. The standard InChI is InChI=1S/C15H12ClNO3S2/c16-14-4-3-13(22-14)15(19)17-7-10(18)12-2-1-11(20-12)9-5-6-21-8-9/h1-6,8,10,18H,7H2,(H,17,19). The summed E-state index contributed by atoms with van der Waals surface area (Å²) in [5.41, 5.74) is 0.973. The molecule has 3 aromatic rings. The van der Waals surface area contributed by atoms with Crippen LogP contribution >= 0.6 is 34.3 Å². The summed E-state index contributed by atoms with van der Waals surface area (Å²) in [5, 5.41) is 16.7. The summed E-state index contributed by atoms with van der Waals surface area (Å²) >= 11 is 8.56. The maximum Gasteiger partial charge on any atom is 0.261 e. The van der Waals surface area contributed by atoms with Crippen LogP contribution in [-0.4, -0.2) is 17.6 Å². The Balaban J connectivity index is 1.60. The molecule has 4 nitrogen and oxygen atoms in total. The van der Waals surface area contributed by atoms with E-state index in [-0.39, 0.29) is 12.5 Å². The topological polar surface area (TPSA) is 62.5 Å². The molecule has 0 spiro atoms. The first-order valence-electron chi connectivity index (χ1n) is 6.47. The van der Waals surface area contributed by atoms with Gasteiger partial charge in [-0.2, -0.15) is 11.3 Å². The van der Waals surface area contributed by atoms with Gasteiger partial charge in [0.1, 0.15) is 17.6 Å². The van der Waals surface area contributed by atoms with Crippen molar-refractivity contribution in [2.75, 3.05) is 6.54 Å². The van der Waals surface area contributed by atoms with Gasteiger partial charge in [0.2, 0.25) is 0 Å². The number of hydrogen-bond acceptors (Lipinski definition) is 5. The van der Waals surface area contributed by atoms with Gasteiger partial charge in [0.05, 0.1) is 15.8 Å². The smallest absolute Gasteiger partial charge is 0.261 e. The van der Waals surface area contributed by atoms with Crippen LogP contribution in [0.2, 0.25) is 4.34 Å². The summed E-state index contributed by atoms with van der Waals surface area (Å²) in [7, 11) is 0. The minimum Gasteiger partial charge on any atom is -0.458 e. The fourth-order valence-electron chi connectivity index (χ4n) is 1.91. The molecule has 0 saturated heterocycles. The number of furan rings is 1. The molecule has 114 valence electrons. The zero-order chi connectivity index (χ0) is 15.5. The first kappa shape index (κ1) is 15.3. The molecule has 0 aliphatic carbocycles. The van der Waals surface area contributed by atoms with Crippen LogP contribution in [0.15, 0.2) is 45.5 Å². The van der Waals surface area contributed by atoms with Gasteiger partial charge in [-0.1, -0.05) is 11.6 Å². The minimum absolute atomic E-state index is 0.0743. The summed E-state index contributed by atoms with van der Waals surface area (Å²) in [4.78, 5) is 12.4. The molecule has 7 heteroatoms. The molecular weight excluding hydrogens is 342 g/mol. The van der Waals surface area contributed by atoms with E-state index < -0.39 is 6.10 Å². The van der Waals surface area contributed by atoms with Gasteiger partial charge >= 0.3 is 0 Å². The van der Waals surface area contributed by atoms with Crippen LogP contribution in [0.25, 0.3) is 11.3 Å². The molecule has 0 aromatic carbocycles. The molecule has 3 heterocycles. The molecule has 1 atom stereocenters. The second kappa shape index (κ2) is 6.66. The highest BCUT2D eigenvalue weighted by atomic mass is 35.5. The Morgan fingerprint density at radius 1 is 1.32 bits per heavy atom. The van der Waals surface area contributed by atoms with Gasteiger partial charge < -0.3 is 14.8 Å². The first-order valence-corrected chi connectivity index (χ1v) is 8.61. The second-order valence-corrected chi connectivity index (χ2v) is 7.04. The van der Waals surface area contributed by atoms with Crippen LogP contribution in [0, 0.1) is 0 Å². The number of aliphatic hydroxyl groups excluding tert-OH is 1. The van der Waals surface area contributed by atoms with E-state index in [1.807, 2.05) is 22.9 Å². The minimum atomic E-state index is -0.897. The molecule has 1 amide bonds. The summed E-state index contributed by atoms with van der Waals surface area (Å²) in [6.07, 6.45) is -0.897. The van der Waals surface area contributed by atoms with Crippen LogP contribution in [-0.2, 0) is 0 Å². The average Bonchev–Trinajstić information content (AvgIpc) is 3.23. The van der Waals surface area contributed by atoms with E-state index in [0.717, 1.165) is 5.56 Å². The van der Waals surface area contributed by atoms with E-state index in [1.165, 1.54) is 11.3 Å². The van der Waals surface area contributed by atoms with Gasteiger partial charge in [0.15, 0.2) is 0 Å². The van der Waals surface area contributed by atoms with Crippen molar-refractivity contribution in [2.24, 2.45) is 0 Å². The zero-order valence-electron chi connectivity index (χ0n) is 11.3. The van der Waals surface area contributed by atoms with Crippen LogP contribution in [0.5, 0.6) is 0 Å². The fraction of sp³-hybridized carbons (Fsp3) is 0.133. The number of amides is 1. The van der Waals surface area contributed by atoms with E-state index in [0.29, 0.717) is 20.7 Å². The molecule has 0 bridgehead atoms. The third-order valence-electron chi connectivity index (χ3n) is 3.01. The van der Waals surface area contributed by atoms with E-state index in [4.69, 9.17) is 16.0 Å². The number of aliphatic hydroxyl groups is 1. The normalized spacial score (nSPS) is 12.3. The van der Waals surface area contributed by atoms with Crippen molar-refractivity contribution in [3.05, 3.63) is 56.1 Å². The van der Waals surface area contributed by atoms with E-state index in [2.05, 4.69) is 5.32 Å². The molecule has 2 N–H and O–H groups in total. The quantitative estimate of drug-likeness (QED) is 0.723. The Kier molecular flexibility index (Phi) is 4.63. The average molecular weight is 354 g/mol. The molecular formula is C15H12ClNO3S2. The lowest BCUT2D eigenvalue weighted by Gasteiger charge is -2.08. The highest BCUT2D eigenvalue weighted by Crippen LogP contribution is 2.27. The Morgan fingerprint density at radius 2 is 2.18 bits per heavy atom. The van der Waals surface area contributed by atoms with Crippen LogP contribution in [0.4, 0.5) is 0 Å². The van der Waals surface area contributed by atoms with Gasteiger partial charge in [-0.3, -0.25) is 4.79 Å². The molecule has 0 radical (unpaired) electrons. The van der Waals surface area contributed by atoms with Crippen LogP contribution in [0.3, 0.4) is 0 Å². The molecule has 0 aliphatic rings. The SMILES string of the molecule is O=C(NCC(O)c1ccc(-c2ccsc2)o1)c1ccc(Cl)s1. The number of rotatable bonds is 5. The van der Waals surface area contributed by atoms with E-state index in [9.17, 15) is 9.90 Å². The van der Waals surface area contributed by atoms with Crippen LogP contribution < -0.4 is 5.32 Å². The number of carbonyl (C=O) groups excluding carboxylic acids is 1. The highest BCUT2D eigenvalue weighted by molar-refractivity contribution is 7.18. The predicted molar refractivity (Wildman–Crippen MR) is 88.6 cm³/mol. The van der Waals surface area contributed by atoms with Gasteiger partial charge in [0, 0.05) is 10.9 Å². The summed E-state index contributed by atoms with van der Waals surface area (Å²) in [6, 6.07) is 8.78. The Labute approximate surface area is 140 Å².